The van der Waals surface area contributed by atoms with Crippen molar-refractivity contribution in [3.8, 4) is 0 Å². The zero-order valence-electron chi connectivity index (χ0n) is 11.5. The number of hydrogen-bond acceptors (Lipinski definition) is 3. The molecule has 0 bridgehead atoms. The van der Waals surface area contributed by atoms with Crippen molar-refractivity contribution in [3.63, 3.8) is 0 Å². The van der Waals surface area contributed by atoms with Gasteiger partial charge >= 0.3 is 0 Å². The molecule has 0 saturated carbocycles. The summed E-state index contributed by atoms with van der Waals surface area (Å²) in [6, 6.07) is 8.82. The summed E-state index contributed by atoms with van der Waals surface area (Å²) >= 11 is 0. The molecule has 0 spiro atoms. The van der Waals surface area contributed by atoms with E-state index in [9.17, 15) is 0 Å². The number of nitrogens with zero attached hydrogens (tertiary/aromatic N) is 2. The molecule has 2 heterocycles. The molecule has 102 valence electrons. The van der Waals surface area contributed by atoms with E-state index in [2.05, 4.69) is 33.9 Å². The van der Waals surface area contributed by atoms with E-state index >= 15 is 0 Å². The molecule has 4 heteroatoms. The van der Waals surface area contributed by atoms with Crippen LogP contribution in [0.25, 0.3) is 11.0 Å². The second-order valence-electron chi connectivity index (χ2n) is 5.66. The summed E-state index contributed by atoms with van der Waals surface area (Å²) in [6.07, 6.45) is 2.50. The highest BCUT2D eigenvalue weighted by Crippen LogP contribution is 2.23. The van der Waals surface area contributed by atoms with Gasteiger partial charge in [0.25, 0.3) is 0 Å². The Morgan fingerprint density at radius 2 is 2.21 bits per heavy atom. The van der Waals surface area contributed by atoms with Crippen LogP contribution in [0.15, 0.2) is 24.3 Å². The molecule has 1 aromatic carbocycles. The Balaban J connectivity index is 1.75. The normalized spacial score (nSPS) is 24.9. The fraction of sp³-hybridized carbons (Fsp3) is 0.533. The molecule has 3 N–H and O–H groups in total. The molecule has 2 unspecified atom stereocenters. The fourth-order valence-electron chi connectivity index (χ4n) is 2.95. The molecule has 1 saturated heterocycles. The van der Waals surface area contributed by atoms with E-state index in [-0.39, 0.29) is 0 Å². The van der Waals surface area contributed by atoms with E-state index in [4.69, 9.17) is 5.73 Å². The highest BCUT2D eigenvalue weighted by Gasteiger charge is 2.25. The summed E-state index contributed by atoms with van der Waals surface area (Å²) in [7, 11) is 0. The number of piperidine rings is 1. The zero-order chi connectivity index (χ0) is 13.2. The minimum atomic E-state index is 0.621. The number of aromatic amines is 1. The monoisotopic (exact) mass is 258 g/mol. The molecule has 1 aliphatic rings. The second-order valence-corrected chi connectivity index (χ2v) is 5.66. The lowest BCUT2D eigenvalue weighted by molar-refractivity contribution is 0.111. The number of rotatable bonds is 3. The van der Waals surface area contributed by atoms with Gasteiger partial charge in [0.2, 0.25) is 0 Å². The molecule has 1 aromatic heterocycles. The van der Waals surface area contributed by atoms with Crippen molar-refractivity contribution >= 4 is 11.0 Å². The van der Waals surface area contributed by atoms with Gasteiger partial charge in [-0.05, 0) is 44.4 Å². The van der Waals surface area contributed by atoms with E-state index in [0.717, 1.165) is 36.5 Å². The molecule has 0 aliphatic carbocycles. The summed E-state index contributed by atoms with van der Waals surface area (Å²) in [4.78, 5) is 10.6. The number of H-pyrrole nitrogens is 1. The summed E-state index contributed by atoms with van der Waals surface area (Å²) in [6.45, 7) is 5.08. The average molecular weight is 258 g/mol. The Hall–Kier alpha value is -1.39. The third-order valence-electron chi connectivity index (χ3n) is 4.23. The maximum Gasteiger partial charge on any atom is 0.121 e. The maximum absolute atomic E-state index is 5.82. The third kappa shape index (κ3) is 2.65. The molecule has 2 atom stereocenters. The Morgan fingerprint density at radius 1 is 1.37 bits per heavy atom. The molecule has 3 rings (SSSR count). The number of fused-ring (bicyclic) bond motifs is 1. The lowest BCUT2D eigenvalue weighted by atomic mass is 9.93. The van der Waals surface area contributed by atoms with E-state index in [1.54, 1.807) is 0 Å². The van der Waals surface area contributed by atoms with Gasteiger partial charge in [-0.25, -0.2) is 4.98 Å². The number of hydrogen-bond donors (Lipinski definition) is 2. The van der Waals surface area contributed by atoms with E-state index < -0.39 is 0 Å². The summed E-state index contributed by atoms with van der Waals surface area (Å²) in [5.41, 5.74) is 7.99. The number of para-hydroxylation sites is 2. The molecular formula is C15H22N4. The number of nitrogens with one attached hydrogen (secondary N) is 1. The smallest absolute Gasteiger partial charge is 0.121 e. The number of aromatic nitrogens is 2. The predicted octanol–water partition coefficient (Wildman–Crippen LogP) is 2.12. The SMILES string of the molecule is CC1CCC(CN)CN1Cc1nc2ccccc2[nH]1. The summed E-state index contributed by atoms with van der Waals surface area (Å²) in [5, 5.41) is 0. The maximum atomic E-state index is 5.82. The standard InChI is InChI=1S/C15H22N4/c1-11-6-7-12(8-16)9-19(11)10-15-17-13-4-2-3-5-14(13)18-15/h2-5,11-12H,6-10,16H2,1H3,(H,17,18). The first kappa shape index (κ1) is 12.6. The van der Waals surface area contributed by atoms with Crippen molar-refractivity contribution < 1.29 is 0 Å². The van der Waals surface area contributed by atoms with Gasteiger partial charge in [-0.1, -0.05) is 12.1 Å². The van der Waals surface area contributed by atoms with Gasteiger partial charge in [-0.2, -0.15) is 0 Å². The van der Waals surface area contributed by atoms with E-state index in [0.29, 0.717) is 12.0 Å². The predicted molar refractivity (Wildman–Crippen MR) is 77.7 cm³/mol. The molecule has 1 aliphatic heterocycles. The van der Waals surface area contributed by atoms with Gasteiger partial charge in [0, 0.05) is 12.6 Å². The van der Waals surface area contributed by atoms with Crippen molar-refractivity contribution in [1.82, 2.24) is 14.9 Å². The molecule has 0 amide bonds. The van der Waals surface area contributed by atoms with Gasteiger partial charge in [0.1, 0.15) is 5.82 Å². The van der Waals surface area contributed by atoms with E-state index in [1.165, 1.54) is 12.8 Å². The second kappa shape index (κ2) is 5.31. The molecular weight excluding hydrogens is 236 g/mol. The van der Waals surface area contributed by atoms with Crippen LogP contribution in [0.2, 0.25) is 0 Å². The number of imidazole rings is 1. The van der Waals surface area contributed by atoms with Gasteiger partial charge in [-0.15, -0.1) is 0 Å². The largest absolute Gasteiger partial charge is 0.341 e. The Kier molecular flexibility index (Phi) is 3.53. The lowest BCUT2D eigenvalue weighted by Crippen LogP contribution is -2.43. The number of nitrogens with two attached hydrogens (primary N) is 1. The first-order valence-corrected chi connectivity index (χ1v) is 7.14. The van der Waals surface area contributed by atoms with Crippen LogP contribution in [0.4, 0.5) is 0 Å². The van der Waals surface area contributed by atoms with Crippen LogP contribution in [-0.4, -0.2) is 34.0 Å². The number of likely N-dealkylation sites (tertiary alicyclic amines) is 1. The van der Waals surface area contributed by atoms with Gasteiger partial charge < -0.3 is 10.7 Å². The van der Waals surface area contributed by atoms with Crippen LogP contribution < -0.4 is 5.73 Å². The van der Waals surface area contributed by atoms with Crippen molar-refractivity contribution in [1.29, 1.82) is 0 Å². The summed E-state index contributed by atoms with van der Waals surface area (Å²) in [5.74, 6) is 1.70. The van der Waals surface area contributed by atoms with Crippen molar-refractivity contribution in [2.24, 2.45) is 11.7 Å². The molecule has 0 radical (unpaired) electrons. The zero-order valence-corrected chi connectivity index (χ0v) is 11.5. The molecule has 4 nitrogen and oxygen atoms in total. The van der Waals surface area contributed by atoms with E-state index in [1.807, 2.05) is 12.1 Å². The van der Waals surface area contributed by atoms with Gasteiger partial charge in [-0.3, -0.25) is 4.90 Å². The molecule has 19 heavy (non-hydrogen) atoms. The minimum Gasteiger partial charge on any atom is -0.341 e. The average Bonchev–Trinajstić information content (AvgIpc) is 2.83. The quantitative estimate of drug-likeness (QED) is 0.886. The highest BCUT2D eigenvalue weighted by molar-refractivity contribution is 5.74. The van der Waals surface area contributed by atoms with Crippen molar-refractivity contribution in [3.05, 3.63) is 30.1 Å². The van der Waals surface area contributed by atoms with Crippen LogP contribution in [0, 0.1) is 5.92 Å². The van der Waals surface area contributed by atoms with Crippen molar-refractivity contribution in [2.75, 3.05) is 13.1 Å². The van der Waals surface area contributed by atoms with Gasteiger partial charge in [0.05, 0.1) is 17.6 Å². The van der Waals surface area contributed by atoms with Crippen molar-refractivity contribution in [2.45, 2.75) is 32.4 Å². The topological polar surface area (TPSA) is 57.9 Å². The highest BCUT2D eigenvalue weighted by atomic mass is 15.2. The van der Waals surface area contributed by atoms with Crippen LogP contribution in [0.1, 0.15) is 25.6 Å². The van der Waals surface area contributed by atoms with Gasteiger partial charge in [0.15, 0.2) is 0 Å². The molecule has 1 fully saturated rings. The fourth-order valence-corrected chi connectivity index (χ4v) is 2.95. The first-order valence-electron chi connectivity index (χ1n) is 7.14. The Bertz CT molecular complexity index is 515. The number of benzene rings is 1. The Labute approximate surface area is 114 Å². The lowest BCUT2D eigenvalue weighted by Gasteiger charge is -2.37. The minimum absolute atomic E-state index is 0.621. The van der Waals surface area contributed by atoms with Crippen LogP contribution >= 0.6 is 0 Å². The van der Waals surface area contributed by atoms with Crippen LogP contribution in [0.3, 0.4) is 0 Å². The first-order chi connectivity index (χ1) is 9.26. The van der Waals surface area contributed by atoms with Crippen LogP contribution in [-0.2, 0) is 6.54 Å². The molecule has 2 aromatic rings. The third-order valence-corrected chi connectivity index (χ3v) is 4.23. The Morgan fingerprint density at radius 3 is 3.00 bits per heavy atom. The van der Waals surface area contributed by atoms with Crippen LogP contribution in [0.5, 0.6) is 0 Å². The summed E-state index contributed by atoms with van der Waals surface area (Å²) < 4.78 is 0.